The molecule has 2 unspecified atom stereocenters. The quantitative estimate of drug-likeness (QED) is 0.652. The first-order chi connectivity index (χ1) is 9.33. The zero-order valence-electron chi connectivity index (χ0n) is 12.5. The molecule has 116 valence electrons. The van der Waals surface area contributed by atoms with Gasteiger partial charge in [0.1, 0.15) is 6.54 Å². The van der Waals surface area contributed by atoms with Gasteiger partial charge < -0.3 is 20.1 Å². The van der Waals surface area contributed by atoms with Gasteiger partial charge in [-0.2, -0.15) is 0 Å². The summed E-state index contributed by atoms with van der Waals surface area (Å²) in [5.41, 5.74) is 0. The van der Waals surface area contributed by atoms with Crippen molar-refractivity contribution in [3.05, 3.63) is 0 Å². The van der Waals surface area contributed by atoms with Gasteiger partial charge in [0.15, 0.2) is 0 Å². The van der Waals surface area contributed by atoms with Crippen molar-refractivity contribution in [2.24, 2.45) is 5.92 Å². The number of carbonyl (C=O) groups excluding carboxylic acids is 2. The highest BCUT2D eigenvalue weighted by Crippen LogP contribution is 2.04. The van der Waals surface area contributed by atoms with E-state index in [0.29, 0.717) is 13.0 Å². The fourth-order valence-corrected chi connectivity index (χ4v) is 1.51. The second kappa shape index (κ2) is 9.17. The van der Waals surface area contributed by atoms with Gasteiger partial charge in [0.05, 0.1) is 12.5 Å². The standard InChI is InChI=1S/C13H24N2O5/c1-5-7-15(8-11(16)20-6-2)13(19)14-10(4)9(3)12(17)18/h9-10H,5-8H2,1-4H3,(H,14,19)(H,17,18). The molecule has 2 amide bonds. The smallest absolute Gasteiger partial charge is 0.325 e. The van der Waals surface area contributed by atoms with Crippen LogP contribution >= 0.6 is 0 Å². The molecule has 0 aliphatic heterocycles. The van der Waals surface area contributed by atoms with Crippen LogP contribution in [0.4, 0.5) is 4.79 Å². The first-order valence-electron chi connectivity index (χ1n) is 6.77. The van der Waals surface area contributed by atoms with E-state index >= 15 is 0 Å². The van der Waals surface area contributed by atoms with Crippen LogP contribution in [0.3, 0.4) is 0 Å². The zero-order valence-corrected chi connectivity index (χ0v) is 12.5. The van der Waals surface area contributed by atoms with Crippen molar-refractivity contribution >= 4 is 18.0 Å². The number of amides is 2. The molecule has 0 aliphatic rings. The predicted octanol–water partition coefficient (Wildman–Crippen LogP) is 1.08. The van der Waals surface area contributed by atoms with E-state index in [1.807, 2.05) is 6.92 Å². The molecule has 0 spiro atoms. The van der Waals surface area contributed by atoms with Gasteiger partial charge in [-0.1, -0.05) is 6.92 Å². The molecular weight excluding hydrogens is 264 g/mol. The molecule has 0 saturated heterocycles. The summed E-state index contributed by atoms with van der Waals surface area (Å²) in [7, 11) is 0. The SMILES string of the molecule is CCCN(CC(=O)OCC)C(=O)NC(C)C(C)C(=O)O. The number of nitrogens with one attached hydrogen (secondary N) is 1. The summed E-state index contributed by atoms with van der Waals surface area (Å²) < 4.78 is 4.80. The molecule has 0 heterocycles. The van der Waals surface area contributed by atoms with Crippen LogP contribution in [0.1, 0.15) is 34.1 Å². The van der Waals surface area contributed by atoms with E-state index < -0.39 is 29.9 Å². The molecular formula is C13H24N2O5. The minimum Gasteiger partial charge on any atom is -0.481 e. The molecule has 20 heavy (non-hydrogen) atoms. The van der Waals surface area contributed by atoms with Crippen LogP contribution in [0, 0.1) is 5.92 Å². The monoisotopic (exact) mass is 288 g/mol. The number of hydrogen-bond donors (Lipinski definition) is 2. The molecule has 0 aromatic rings. The Morgan fingerprint density at radius 3 is 2.30 bits per heavy atom. The Labute approximate surface area is 119 Å². The van der Waals surface area contributed by atoms with Crippen molar-refractivity contribution in [2.75, 3.05) is 19.7 Å². The highest BCUT2D eigenvalue weighted by atomic mass is 16.5. The topological polar surface area (TPSA) is 95.9 Å². The lowest BCUT2D eigenvalue weighted by molar-refractivity contribution is -0.144. The number of aliphatic carboxylic acids is 1. The molecule has 0 bridgehead atoms. The number of nitrogens with zero attached hydrogens (tertiary/aromatic N) is 1. The number of urea groups is 1. The minimum atomic E-state index is -0.981. The number of esters is 1. The van der Waals surface area contributed by atoms with Crippen LogP contribution in [0.25, 0.3) is 0 Å². The van der Waals surface area contributed by atoms with Gasteiger partial charge in [0.2, 0.25) is 0 Å². The molecule has 0 radical (unpaired) electrons. The second-order valence-electron chi connectivity index (χ2n) is 4.59. The molecule has 0 fully saturated rings. The summed E-state index contributed by atoms with van der Waals surface area (Å²) in [4.78, 5) is 35.6. The van der Waals surface area contributed by atoms with Crippen molar-refractivity contribution in [2.45, 2.75) is 40.2 Å². The summed E-state index contributed by atoms with van der Waals surface area (Å²) in [6, 6.07) is -0.984. The van der Waals surface area contributed by atoms with Crippen LogP contribution in [-0.4, -0.2) is 53.7 Å². The molecule has 7 nitrogen and oxygen atoms in total. The summed E-state index contributed by atoms with van der Waals surface area (Å²) >= 11 is 0. The highest BCUT2D eigenvalue weighted by molar-refractivity contribution is 5.81. The van der Waals surface area contributed by atoms with E-state index in [1.54, 1.807) is 13.8 Å². The Morgan fingerprint density at radius 1 is 1.25 bits per heavy atom. The van der Waals surface area contributed by atoms with Crippen molar-refractivity contribution < 1.29 is 24.2 Å². The Morgan fingerprint density at radius 2 is 1.85 bits per heavy atom. The maximum atomic E-state index is 12.0. The van der Waals surface area contributed by atoms with Crippen molar-refractivity contribution in [1.29, 1.82) is 0 Å². The van der Waals surface area contributed by atoms with Crippen LogP contribution < -0.4 is 5.32 Å². The van der Waals surface area contributed by atoms with E-state index in [4.69, 9.17) is 9.84 Å². The predicted molar refractivity (Wildman–Crippen MR) is 73.3 cm³/mol. The van der Waals surface area contributed by atoms with E-state index in [2.05, 4.69) is 5.32 Å². The van der Waals surface area contributed by atoms with Gasteiger partial charge in [-0.25, -0.2) is 4.79 Å². The average Bonchev–Trinajstić information content (AvgIpc) is 2.37. The van der Waals surface area contributed by atoms with E-state index in [0.717, 1.165) is 0 Å². The molecule has 0 rings (SSSR count). The third-order valence-corrected chi connectivity index (χ3v) is 2.90. The van der Waals surface area contributed by atoms with Gasteiger partial charge in [-0.05, 0) is 27.2 Å². The summed E-state index contributed by atoms with van der Waals surface area (Å²) in [5.74, 6) is -2.16. The second-order valence-corrected chi connectivity index (χ2v) is 4.59. The minimum absolute atomic E-state index is 0.137. The van der Waals surface area contributed by atoms with E-state index in [9.17, 15) is 14.4 Å². The fraction of sp³-hybridized carbons (Fsp3) is 0.769. The lowest BCUT2D eigenvalue weighted by Gasteiger charge is -2.25. The maximum Gasteiger partial charge on any atom is 0.325 e. The van der Waals surface area contributed by atoms with Gasteiger partial charge in [0, 0.05) is 12.6 Å². The molecule has 0 aromatic heterocycles. The molecule has 0 aromatic carbocycles. The molecule has 0 aliphatic carbocycles. The zero-order chi connectivity index (χ0) is 15.7. The Kier molecular flexibility index (Phi) is 8.35. The van der Waals surface area contributed by atoms with E-state index in [-0.39, 0.29) is 13.2 Å². The number of carboxylic acid groups (broad SMARTS) is 1. The first-order valence-corrected chi connectivity index (χ1v) is 6.77. The Bertz CT molecular complexity index is 346. The lowest BCUT2D eigenvalue weighted by atomic mass is 10.0. The number of carbonyl (C=O) groups is 3. The average molecular weight is 288 g/mol. The van der Waals surface area contributed by atoms with Gasteiger partial charge in [-0.3, -0.25) is 9.59 Å². The summed E-state index contributed by atoms with van der Waals surface area (Å²) in [6.07, 6.45) is 0.690. The third kappa shape index (κ3) is 6.40. The summed E-state index contributed by atoms with van der Waals surface area (Å²) in [6.45, 7) is 7.23. The number of hydrogen-bond acceptors (Lipinski definition) is 4. The van der Waals surface area contributed by atoms with Crippen molar-refractivity contribution in [3.8, 4) is 0 Å². The van der Waals surface area contributed by atoms with E-state index in [1.165, 1.54) is 11.8 Å². The largest absolute Gasteiger partial charge is 0.481 e. The lowest BCUT2D eigenvalue weighted by Crippen LogP contribution is -2.49. The van der Waals surface area contributed by atoms with Crippen molar-refractivity contribution in [3.63, 3.8) is 0 Å². The number of ether oxygens (including phenoxy) is 1. The summed E-state index contributed by atoms with van der Waals surface area (Å²) in [5, 5.41) is 11.5. The first kappa shape index (κ1) is 18.2. The molecule has 0 saturated carbocycles. The van der Waals surface area contributed by atoms with Crippen LogP contribution in [0.5, 0.6) is 0 Å². The third-order valence-electron chi connectivity index (χ3n) is 2.90. The number of rotatable bonds is 8. The van der Waals surface area contributed by atoms with Crippen LogP contribution in [0.15, 0.2) is 0 Å². The molecule has 7 heteroatoms. The van der Waals surface area contributed by atoms with Gasteiger partial charge >= 0.3 is 18.0 Å². The Hall–Kier alpha value is -1.79. The Balaban J connectivity index is 4.56. The van der Waals surface area contributed by atoms with Crippen molar-refractivity contribution in [1.82, 2.24) is 10.2 Å². The van der Waals surface area contributed by atoms with Gasteiger partial charge in [0.25, 0.3) is 0 Å². The van der Waals surface area contributed by atoms with Crippen LogP contribution in [0.2, 0.25) is 0 Å². The fourth-order valence-electron chi connectivity index (χ4n) is 1.51. The number of carboxylic acids is 1. The van der Waals surface area contributed by atoms with Gasteiger partial charge in [-0.15, -0.1) is 0 Å². The van der Waals surface area contributed by atoms with Crippen LogP contribution in [-0.2, 0) is 14.3 Å². The molecule has 2 N–H and O–H groups in total. The normalized spacial score (nSPS) is 13.2. The molecule has 2 atom stereocenters. The highest BCUT2D eigenvalue weighted by Gasteiger charge is 2.24. The maximum absolute atomic E-state index is 12.0.